The minimum absolute atomic E-state index is 0.419. The average Bonchev–Trinajstić information content (AvgIpc) is 3.08. The van der Waals surface area contributed by atoms with E-state index >= 15 is 0 Å². The van der Waals surface area contributed by atoms with E-state index in [0.717, 1.165) is 25.7 Å². The van der Waals surface area contributed by atoms with Crippen molar-refractivity contribution in [2.75, 3.05) is 18.0 Å². The van der Waals surface area contributed by atoms with Crippen molar-refractivity contribution in [2.45, 2.75) is 31.9 Å². The zero-order valence-electron chi connectivity index (χ0n) is 9.87. The monoisotopic (exact) mass is 257 g/mol. The van der Waals surface area contributed by atoms with Crippen LogP contribution in [0.4, 0.5) is 19.0 Å². The number of nitrogens with zero attached hydrogens (tertiary/aromatic N) is 3. The molecule has 98 valence electrons. The Kier molecular flexibility index (Phi) is 2.50. The van der Waals surface area contributed by atoms with Crippen LogP contribution in [0.15, 0.2) is 12.4 Å². The Labute approximate surface area is 103 Å². The molecular formula is C12H14F3N3. The van der Waals surface area contributed by atoms with E-state index in [1.807, 2.05) is 0 Å². The molecule has 1 saturated heterocycles. The Morgan fingerprint density at radius 3 is 2.44 bits per heavy atom. The van der Waals surface area contributed by atoms with Crippen LogP contribution in [0.5, 0.6) is 0 Å². The molecule has 0 aromatic carbocycles. The van der Waals surface area contributed by atoms with Crippen LogP contribution in [-0.2, 0) is 6.18 Å². The van der Waals surface area contributed by atoms with E-state index in [2.05, 4.69) is 14.9 Å². The van der Waals surface area contributed by atoms with Gasteiger partial charge in [0.25, 0.3) is 0 Å². The van der Waals surface area contributed by atoms with E-state index in [0.29, 0.717) is 11.2 Å². The summed E-state index contributed by atoms with van der Waals surface area (Å²) in [5.74, 6) is 0.564. The van der Waals surface area contributed by atoms with E-state index in [1.54, 1.807) is 0 Å². The molecule has 0 radical (unpaired) electrons. The fraction of sp³-hybridized carbons (Fsp3) is 0.667. The number of rotatable bonds is 1. The standard InChI is InChI=1S/C12H14F3N3/c13-12(14,15)9-6-17-10(7-16-9)18-5-1-2-11(8-18)3-4-11/h6-7H,1-5,8H2. The van der Waals surface area contributed by atoms with E-state index < -0.39 is 11.9 Å². The second-order valence-corrected chi connectivity index (χ2v) is 5.28. The minimum atomic E-state index is -4.41. The van der Waals surface area contributed by atoms with Crippen molar-refractivity contribution in [3.8, 4) is 0 Å². The summed E-state index contributed by atoms with van der Waals surface area (Å²) < 4.78 is 37.1. The number of anilines is 1. The van der Waals surface area contributed by atoms with Crippen LogP contribution >= 0.6 is 0 Å². The summed E-state index contributed by atoms with van der Waals surface area (Å²) in [7, 11) is 0. The molecule has 0 unspecified atom stereocenters. The zero-order chi connectivity index (χ0) is 12.8. The van der Waals surface area contributed by atoms with Crippen molar-refractivity contribution in [1.82, 2.24) is 9.97 Å². The number of piperidine rings is 1. The summed E-state index contributed by atoms with van der Waals surface area (Å²) in [6, 6.07) is 0. The maximum absolute atomic E-state index is 12.4. The molecular weight excluding hydrogens is 243 g/mol. The molecule has 1 saturated carbocycles. The van der Waals surface area contributed by atoms with Crippen molar-refractivity contribution < 1.29 is 13.2 Å². The lowest BCUT2D eigenvalue weighted by atomic mass is 9.95. The smallest absolute Gasteiger partial charge is 0.355 e. The summed E-state index contributed by atoms with van der Waals surface area (Å²) in [5.41, 5.74) is -0.507. The number of aromatic nitrogens is 2. The molecule has 3 rings (SSSR count). The fourth-order valence-corrected chi connectivity index (χ4v) is 2.62. The molecule has 6 heteroatoms. The summed E-state index contributed by atoms with van der Waals surface area (Å²) in [6.07, 6.45) is 2.44. The SMILES string of the molecule is FC(F)(F)c1cnc(N2CCCC3(CC3)C2)cn1. The van der Waals surface area contributed by atoms with Gasteiger partial charge >= 0.3 is 6.18 Å². The molecule has 1 aliphatic carbocycles. The molecule has 1 aromatic heterocycles. The second kappa shape index (κ2) is 3.83. The van der Waals surface area contributed by atoms with Crippen molar-refractivity contribution in [3.05, 3.63) is 18.1 Å². The lowest BCUT2D eigenvalue weighted by molar-refractivity contribution is -0.141. The number of hydrogen-bond donors (Lipinski definition) is 0. The van der Waals surface area contributed by atoms with Gasteiger partial charge in [0.05, 0.1) is 12.4 Å². The Balaban J connectivity index is 1.76. The van der Waals surface area contributed by atoms with Gasteiger partial charge < -0.3 is 4.90 Å². The Morgan fingerprint density at radius 1 is 1.11 bits per heavy atom. The number of hydrogen-bond acceptors (Lipinski definition) is 3. The highest BCUT2D eigenvalue weighted by Gasteiger charge is 2.45. The lowest BCUT2D eigenvalue weighted by Crippen LogP contribution is -2.37. The number of halogens is 3. The third-order valence-electron chi connectivity index (χ3n) is 3.87. The van der Waals surface area contributed by atoms with E-state index in [-0.39, 0.29) is 0 Å². The molecule has 3 nitrogen and oxygen atoms in total. The van der Waals surface area contributed by atoms with Crippen LogP contribution in [0.1, 0.15) is 31.4 Å². The van der Waals surface area contributed by atoms with Gasteiger partial charge in [-0.15, -0.1) is 0 Å². The average molecular weight is 257 g/mol. The van der Waals surface area contributed by atoms with Gasteiger partial charge in [0.2, 0.25) is 0 Å². The van der Waals surface area contributed by atoms with E-state index in [4.69, 9.17) is 0 Å². The van der Waals surface area contributed by atoms with Crippen molar-refractivity contribution in [3.63, 3.8) is 0 Å². The summed E-state index contributed by atoms with van der Waals surface area (Å²) in [4.78, 5) is 9.43. The molecule has 1 aliphatic heterocycles. The zero-order valence-corrected chi connectivity index (χ0v) is 9.87. The van der Waals surface area contributed by atoms with E-state index in [9.17, 15) is 13.2 Å². The molecule has 1 spiro atoms. The van der Waals surface area contributed by atoms with Crippen molar-refractivity contribution in [2.24, 2.45) is 5.41 Å². The largest absolute Gasteiger partial charge is 0.434 e. The molecule has 18 heavy (non-hydrogen) atoms. The first-order valence-corrected chi connectivity index (χ1v) is 6.13. The van der Waals surface area contributed by atoms with Gasteiger partial charge in [-0.3, -0.25) is 0 Å². The van der Waals surface area contributed by atoms with E-state index in [1.165, 1.54) is 25.5 Å². The fourth-order valence-electron chi connectivity index (χ4n) is 2.62. The van der Waals surface area contributed by atoms with Crippen molar-refractivity contribution >= 4 is 5.82 Å². The molecule has 0 bridgehead atoms. The van der Waals surface area contributed by atoms with Gasteiger partial charge in [-0.25, -0.2) is 9.97 Å². The van der Waals surface area contributed by atoms with Gasteiger partial charge in [0.15, 0.2) is 5.69 Å². The van der Waals surface area contributed by atoms with Crippen LogP contribution in [-0.4, -0.2) is 23.1 Å². The molecule has 2 heterocycles. The molecule has 0 amide bonds. The molecule has 2 fully saturated rings. The van der Waals surface area contributed by atoms with Gasteiger partial charge in [-0.2, -0.15) is 13.2 Å². The normalized spacial score (nSPS) is 22.3. The maximum atomic E-state index is 12.4. The molecule has 0 atom stereocenters. The van der Waals surface area contributed by atoms with Crippen LogP contribution in [0.2, 0.25) is 0 Å². The first-order chi connectivity index (χ1) is 8.49. The molecule has 2 aliphatic rings. The predicted molar refractivity (Wildman–Crippen MR) is 60.1 cm³/mol. The highest BCUT2D eigenvalue weighted by molar-refractivity contribution is 5.38. The Morgan fingerprint density at radius 2 is 1.89 bits per heavy atom. The topological polar surface area (TPSA) is 29.0 Å². The van der Waals surface area contributed by atoms with Crippen LogP contribution in [0, 0.1) is 5.41 Å². The first kappa shape index (κ1) is 11.7. The van der Waals surface area contributed by atoms with Gasteiger partial charge in [0, 0.05) is 13.1 Å². The number of alkyl halides is 3. The van der Waals surface area contributed by atoms with Crippen LogP contribution in [0.3, 0.4) is 0 Å². The summed E-state index contributed by atoms with van der Waals surface area (Å²) in [5, 5.41) is 0. The van der Waals surface area contributed by atoms with Gasteiger partial charge in [-0.05, 0) is 31.1 Å². The Bertz CT molecular complexity index is 437. The van der Waals surface area contributed by atoms with Gasteiger partial charge in [-0.1, -0.05) is 0 Å². The highest BCUT2D eigenvalue weighted by Crippen LogP contribution is 2.52. The summed E-state index contributed by atoms with van der Waals surface area (Å²) >= 11 is 0. The van der Waals surface area contributed by atoms with Crippen LogP contribution in [0.25, 0.3) is 0 Å². The summed E-state index contributed by atoms with van der Waals surface area (Å²) in [6.45, 7) is 1.77. The third-order valence-corrected chi connectivity index (χ3v) is 3.87. The van der Waals surface area contributed by atoms with Gasteiger partial charge in [0.1, 0.15) is 5.82 Å². The predicted octanol–water partition coefficient (Wildman–Crippen LogP) is 2.88. The lowest BCUT2D eigenvalue weighted by Gasteiger charge is -2.33. The quantitative estimate of drug-likeness (QED) is 0.774. The second-order valence-electron chi connectivity index (χ2n) is 5.28. The third kappa shape index (κ3) is 2.15. The highest BCUT2D eigenvalue weighted by atomic mass is 19.4. The minimum Gasteiger partial charge on any atom is -0.355 e. The molecule has 0 N–H and O–H groups in total. The van der Waals surface area contributed by atoms with Crippen molar-refractivity contribution in [1.29, 1.82) is 0 Å². The van der Waals surface area contributed by atoms with Crippen LogP contribution < -0.4 is 4.90 Å². The Hall–Kier alpha value is -1.33. The molecule has 1 aromatic rings. The maximum Gasteiger partial charge on any atom is 0.434 e. The first-order valence-electron chi connectivity index (χ1n) is 6.13.